The van der Waals surface area contributed by atoms with E-state index in [1.807, 2.05) is 53.1 Å². The molecule has 1 aliphatic rings. The molecule has 3 rings (SSSR count). The second-order valence-corrected chi connectivity index (χ2v) is 25.5. The van der Waals surface area contributed by atoms with Crippen molar-refractivity contribution >= 4 is 36.8 Å². The van der Waals surface area contributed by atoms with Crippen LogP contribution in [0.1, 0.15) is 11.1 Å². The fourth-order valence-corrected chi connectivity index (χ4v) is 8.15. The SMILES string of the molecule is CN1C(=O)N([Si](C)(C)C)C(c2ccccc2)(c2ccc(O[Si](C)(C)C)c(O[Si](C)(C)C)c2)C1=O. The Bertz CT molecular complexity index is 1090. The average molecular weight is 515 g/mol. The van der Waals surface area contributed by atoms with E-state index in [9.17, 15) is 9.59 Å². The minimum absolute atomic E-state index is 0.246. The molecule has 1 atom stereocenters. The first-order valence-corrected chi connectivity index (χ1v) is 22.0. The first-order valence-electron chi connectivity index (χ1n) is 11.7. The normalized spacial score (nSPS) is 19.6. The van der Waals surface area contributed by atoms with E-state index in [1.54, 1.807) is 7.05 Å². The van der Waals surface area contributed by atoms with E-state index in [-0.39, 0.29) is 11.9 Å². The van der Waals surface area contributed by atoms with Crippen LogP contribution in [0.5, 0.6) is 11.5 Å². The molecule has 0 aromatic heterocycles. The molecule has 1 fully saturated rings. The summed E-state index contributed by atoms with van der Waals surface area (Å²) in [6.45, 7) is 19.0. The highest BCUT2D eigenvalue weighted by atomic mass is 28.4. The quantitative estimate of drug-likeness (QED) is 0.331. The van der Waals surface area contributed by atoms with Crippen LogP contribution in [0.25, 0.3) is 0 Å². The summed E-state index contributed by atoms with van der Waals surface area (Å²) in [5.74, 6) is 1.09. The summed E-state index contributed by atoms with van der Waals surface area (Å²) in [6.07, 6.45) is 0. The molecule has 2 aromatic rings. The number of nitrogens with zero attached hydrogens (tertiary/aromatic N) is 2. The van der Waals surface area contributed by atoms with Gasteiger partial charge in [-0.2, -0.15) is 0 Å². The second-order valence-electron chi connectivity index (χ2n) is 11.8. The average Bonchev–Trinajstić information content (AvgIpc) is 2.89. The van der Waals surface area contributed by atoms with Crippen LogP contribution in [-0.4, -0.2) is 53.3 Å². The van der Waals surface area contributed by atoms with Crippen molar-refractivity contribution in [3.8, 4) is 11.5 Å². The van der Waals surface area contributed by atoms with E-state index in [4.69, 9.17) is 8.85 Å². The van der Waals surface area contributed by atoms with Crippen LogP contribution in [-0.2, 0) is 10.3 Å². The van der Waals surface area contributed by atoms with Crippen LogP contribution >= 0.6 is 0 Å². The van der Waals surface area contributed by atoms with E-state index in [2.05, 4.69) is 58.9 Å². The summed E-state index contributed by atoms with van der Waals surface area (Å²) in [7, 11) is -4.66. The van der Waals surface area contributed by atoms with E-state index < -0.39 is 30.4 Å². The third-order valence-corrected chi connectivity index (χ3v) is 9.02. The van der Waals surface area contributed by atoms with Gasteiger partial charge in [0.25, 0.3) is 5.91 Å². The zero-order valence-electron chi connectivity index (χ0n) is 22.1. The molecule has 34 heavy (non-hydrogen) atoms. The Labute approximate surface area is 207 Å². The third-order valence-electron chi connectivity index (χ3n) is 5.48. The van der Waals surface area contributed by atoms with Crippen LogP contribution in [0, 0.1) is 0 Å². The summed E-state index contributed by atoms with van der Waals surface area (Å²) in [6, 6.07) is 15.1. The number of benzene rings is 2. The van der Waals surface area contributed by atoms with Gasteiger partial charge in [0, 0.05) is 7.05 Å². The molecule has 1 saturated heterocycles. The number of carbonyl (C=O) groups is 2. The first kappa shape index (κ1) is 26.2. The van der Waals surface area contributed by atoms with Crippen molar-refractivity contribution in [1.82, 2.24) is 9.47 Å². The van der Waals surface area contributed by atoms with Crippen LogP contribution in [0.15, 0.2) is 48.5 Å². The van der Waals surface area contributed by atoms with Crippen LogP contribution in [0.4, 0.5) is 4.79 Å². The summed E-state index contributed by atoms with van der Waals surface area (Å²) >= 11 is 0. The number of likely N-dealkylation sites (N-methyl/N-ethyl adjacent to an activating group) is 1. The van der Waals surface area contributed by atoms with Crippen LogP contribution in [0.2, 0.25) is 58.9 Å². The minimum atomic E-state index is -2.32. The van der Waals surface area contributed by atoms with Gasteiger partial charge in [0.15, 0.2) is 13.8 Å². The number of urea groups is 1. The summed E-state index contributed by atoms with van der Waals surface area (Å²) < 4.78 is 14.7. The van der Waals surface area contributed by atoms with Crippen molar-refractivity contribution in [3.05, 3.63) is 59.7 Å². The predicted molar refractivity (Wildman–Crippen MR) is 145 cm³/mol. The van der Waals surface area contributed by atoms with Crippen molar-refractivity contribution in [2.75, 3.05) is 7.05 Å². The second kappa shape index (κ2) is 8.69. The number of hydrogen-bond donors (Lipinski definition) is 0. The fraction of sp³-hybridized carbons (Fsp3) is 0.440. The Hall–Kier alpha value is -2.37. The smallest absolute Gasteiger partial charge is 0.319 e. The van der Waals surface area contributed by atoms with Crippen molar-refractivity contribution in [2.24, 2.45) is 0 Å². The molecular formula is C25H38N2O4Si3. The minimum Gasteiger partial charge on any atom is -0.542 e. The highest BCUT2D eigenvalue weighted by Crippen LogP contribution is 2.47. The lowest BCUT2D eigenvalue weighted by atomic mass is 9.82. The molecule has 0 spiro atoms. The number of rotatable bonds is 7. The van der Waals surface area contributed by atoms with Crippen molar-refractivity contribution in [1.29, 1.82) is 0 Å². The van der Waals surface area contributed by atoms with Gasteiger partial charge in [0.2, 0.25) is 16.6 Å². The first-order chi connectivity index (χ1) is 15.5. The van der Waals surface area contributed by atoms with Gasteiger partial charge in [0.1, 0.15) is 11.5 Å². The molecule has 1 unspecified atom stereocenters. The van der Waals surface area contributed by atoms with Crippen molar-refractivity contribution in [2.45, 2.75) is 64.5 Å². The summed E-state index contributed by atoms with van der Waals surface area (Å²) in [5, 5.41) is 0. The van der Waals surface area contributed by atoms with E-state index >= 15 is 0 Å². The van der Waals surface area contributed by atoms with E-state index in [0.29, 0.717) is 11.5 Å². The maximum atomic E-state index is 14.0. The van der Waals surface area contributed by atoms with Gasteiger partial charge < -0.3 is 13.4 Å². The van der Waals surface area contributed by atoms with Crippen molar-refractivity contribution < 1.29 is 18.4 Å². The Morgan fingerprint density at radius 3 is 1.74 bits per heavy atom. The largest absolute Gasteiger partial charge is 0.542 e. The van der Waals surface area contributed by atoms with Gasteiger partial charge >= 0.3 is 6.03 Å². The van der Waals surface area contributed by atoms with Crippen LogP contribution in [0.3, 0.4) is 0 Å². The Morgan fingerprint density at radius 2 is 1.24 bits per heavy atom. The third kappa shape index (κ3) is 4.87. The molecule has 1 aliphatic heterocycles. The van der Waals surface area contributed by atoms with Gasteiger partial charge in [-0.15, -0.1) is 0 Å². The Balaban J connectivity index is 2.37. The Morgan fingerprint density at radius 1 is 0.706 bits per heavy atom. The van der Waals surface area contributed by atoms with Gasteiger partial charge in [-0.05, 0) is 62.5 Å². The van der Waals surface area contributed by atoms with E-state index in [0.717, 1.165) is 11.1 Å². The molecule has 0 saturated carbocycles. The Kier molecular flexibility index (Phi) is 6.71. The van der Waals surface area contributed by atoms with Crippen molar-refractivity contribution in [3.63, 3.8) is 0 Å². The molecule has 0 N–H and O–H groups in total. The molecule has 184 valence electrons. The lowest BCUT2D eigenvalue weighted by Gasteiger charge is -2.43. The van der Waals surface area contributed by atoms with Gasteiger partial charge in [-0.1, -0.05) is 56.0 Å². The maximum absolute atomic E-state index is 14.0. The molecule has 2 aromatic carbocycles. The topological polar surface area (TPSA) is 59.1 Å². The molecule has 9 heteroatoms. The van der Waals surface area contributed by atoms with Gasteiger partial charge in [0.05, 0.1) is 0 Å². The number of imide groups is 1. The van der Waals surface area contributed by atoms with Gasteiger partial charge in [-0.25, -0.2) is 4.79 Å². The fourth-order valence-electron chi connectivity index (χ4n) is 4.42. The molecule has 6 nitrogen and oxygen atoms in total. The summed E-state index contributed by atoms with van der Waals surface area (Å²) in [4.78, 5) is 28.8. The highest BCUT2D eigenvalue weighted by molar-refractivity contribution is 6.76. The number of hydrogen-bond acceptors (Lipinski definition) is 4. The molecule has 1 heterocycles. The number of carbonyl (C=O) groups excluding carboxylic acids is 2. The summed E-state index contributed by atoms with van der Waals surface area (Å²) in [5.41, 5.74) is 0.241. The zero-order chi connectivity index (χ0) is 25.7. The predicted octanol–water partition coefficient (Wildman–Crippen LogP) is 6.09. The van der Waals surface area contributed by atoms with Gasteiger partial charge in [-0.3, -0.25) is 9.69 Å². The van der Waals surface area contributed by atoms with E-state index in [1.165, 1.54) is 4.90 Å². The zero-order valence-corrected chi connectivity index (χ0v) is 25.1. The lowest BCUT2D eigenvalue weighted by Crippen LogP contribution is -2.58. The molecule has 3 amide bonds. The standard InChI is InChI=1S/C25H38N2O4Si3/c1-26-23(28)25(19-14-12-11-13-15-19,27(24(26)29)32(2,3)4)20-16-17-21(30-33(5,6)7)22(18-20)31-34(8,9)10/h11-18H,1-10H3. The number of amides is 3. The molecule has 0 radical (unpaired) electrons. The molecule has 0 bridgehead atoms. The van der Waals surface area contributed by atoms with Crippen LogP contribution < -0.4 is 8.85 Å². The highest BCUT2D eigenvalue weighted by Gasteiger charge is 2.61. The molecular weight excluding hydrogens is 477 g/mol. The molecule has 0 aliphatic carbocycles. The maximum Gasteiger partial charge on any atom is 0.319 e. The lowest BCUT2D eigenvalue weighted by molar-refractivity contribution is -0.130. The monoisotopic (exact) mass is 514 g/mol.